The van der Waals surface area contributed by atoms with Gasteiger partial charge in [-0.1, -0.05) is 0 Å². The van der Waals surface area contributed by atoms with Crippen LogP contribution in [0.1, 0.15) is 17.7 Å². The van der Waals surface area contributed by atoms with Gasteiger partial charge in [0.2, 0.25) is 0 Å². The molecule has 0 bridgehead atoms. The molecule has 2 aromatic heterocycles. The predicted octanol–water partition coefficient (Wildman–Crippen LogP) is 2.04. The Kier molecular flexibility index (Phi) is 4.24. The third-order valence-electron chi connectivity index (χ3n) is 2.96. The number of carbonyl (C=O) groups is 1. The van der Waals surface area contributed by atoms with E-state index in [0.717, 1.165) is 16.8 Å². The summed E-state index contributed by atoms with van der Waals surface area (Å²) in [5.41, 5.74) is 2.67. The second kappa shape index (κ2) is 6.10. The first-order valence-electron chi connectivity index (χ1n) is 6.29. The van der Waals surface area contributed by atoms with Crippen LogP contribution >= 0.6 is 0 Å². The summed E-state index contributed by atoms with van der Waals surface area (Å²) in [5, 5.41) is 11.7. The number of nitrogens with one attached hydrogen (secondary N) is 1. The van der Waals surface area contributed by atoms with Crippen molar-refractivity contribution in [2.45, 2.75) is 20.3 Å². The monoisotopic (exact) mass is 272 g/mol. The topological polar surface area (TPSA) is 88.0 Å². The van der Waals surface area contributed by atoms with Gasteiger partial charge in [0.15, 0.2) is 5.82 Å². The lowest BCUT2D eigenvalue weighted by Crippen LogP contribution is -2.11. The summed E-state index contributed by atoms with van der Waals surface area (Å²) in [5.74, 6) is 0.439. The first-order chi connectivity index (χ1) is 9.58. The van der Waals surface area contributed by atoms with E-state index in [1.54, 1.807) is 12.4 Å². The van der Waals surface area contributed by atoms with Crippen LogP contribution in [0.15, 0.2) is 24.5 Å². The molecule has 2 heterocycles. The Morgan fingerprint density at radius 1 is 1.25 bits per heavy atom. The van der Waals surface area contributed by atoms with E-state index in [9.17, 15) is 4.79 Å². The molecule has 0 aliphatic rings. The quantitative estimate of drug-likeness (QED) is 0.866. The van der Waals surface area contributed by atoms with Crippen molar-refractivity contribution in [3.8, 4) is 11.4 Å². The van der Waals surface area contributed by atoms with Crippen molar-refractivity contribution in [1.29, 1.82) is 0 Å². The molecule has 0 unspecified atom stereocenters. The number of carboxylic acids is 1. The van der Waals surface area contributed by atoms with E-state index < -0.39 is 5.97 Å². The van der Waals surface area contributed by atoms with Crippen molar-refractivity contribution in [3.63, 3.8) is 0 Å². The van der Waals surface area contributed by atoms with Crippen LogP contribution in [-0.4, -0.2) is 32.6 Å². The van der Waals surface area contributed by atoms with E-state index in [1.165, 1.54) is 0 Å². The highest BCUT2D eigenvalue weighted by Gasteiger charge is 2.09. The average Bonchev–Trinajstić information content (AvgIpc) is 2.44. The highest BCUT2D eigenvalue weighted by molar-refractivity contribution is 5.67. The fraction of sp³-hybridized carbons (Fsp3) is 0.286. The highest BCUT2D eigenvalue weighted by Crippen LogP contribution is 2.20. The smallest absolute Gasteiger partial charge is 0.305 e. The lowest BCUT2D eigenvalue weighted by molar-refractivity contribution is -0.136. The molecule has 0 saturated heterocycles. The van der Waals surface area contributed by atoms with E-state index >= 15 is 0 Å². The average molecular weight is 272 g/mol. The van der Waals surface area contributed by atoms with Crippen LogP contribution in [0, 0.1) is 13.8 Å². The number of rotatable bonds is 5. The molecule has 104 valence electrons. The van der Waals surface area contributed by atoms with E-state index in [0.29, 0.717) is 18.2 Å². The number of carboxylic acid groups (broad SMARTS) is 1. The Balaban J connectivity index is 2.28. The van der Waals surface area contributed by atoms with Gasteiger partial charge in [0.05, 0.1) is 6.42 Å². The molecule has 2 aromatic rings. The maximum Gasteiger partial charge on any atom is 0.305 e. The molecule has 6 heteroatoms. The van der Waals surface area contributed by atoms with Crippen LogP contribution in [-0.2, 0) is 4.79 Å². The SMILES string of the molecule is Cc1nc(-c2ccncc2)nc(NCCC(=O)O)c1C. The molecule has 0 aliphatic carbocycles. The van der Waals surface area contributed by atoms with Gasteiger partial charge in [-0.05, 0) is 26.0 Å². The van der Waals surface area contributed by atoms with Gasteiger partial charge in [0, 0.05) is 35.8 Å². The van der Waals surface area contributed by atoms with Gasteiger partial charge in [-0.3, -0.25) is 9.78 Å². The van der Waals surface area contributed by atoms with Gasteiger partial charge in [0.1, 0.15) is 5.82 Å². The first kappa shape index (κ1) is 13.9. The van der Waals surface area contributed by atoms with Crippen molar-refractivity contribution in [3.05, 3.63) is 35.8 Å². The van der Waals surface area contributed by atoms with Crippen molar-refractivity contribution >= 4 is 11.8 Å². The zero-order chi connectivity index (χ0) is 14.5. The molecule has 0 fully saturated rings. The Hall–Kier alpha value is -2.50. The fourth-order valence-corrected chi connectivity index (χ4v) is 1.72. The van der Waals surface area contributed by atoms with Crippen LogP contribution in [0.4, 0.5) is 5.82 Å². The summed E-state index contributed by atoms with van der Waals surface area (Å²) in [7, 11) is 0. The lowest BCUT2D eigenvalue weighted by atomic mass is 10.2. The van der Waals surface area contributed by atoms with Crippen LogP contribution in [0.25, 0.3) is 11.4 Å². The van der Waals surface area contributed by atoms with Crippen molar-refractivity contribution in [2.24, 2.45) is 0 Å². The van der Waals surface area contributed by atoms with Gasteiger partial charge in [-0.2, -0.15) is 0 Å². The molecule has 0 radical (unpaired) electrons. The normalized spacial score (nSPS) is 10.3. The summed E-state index contributed by atoms with van der Waals surface area (Å²) < 4.78 is 0. The maximum atomic E-state index is 10.6. The number of pyridine rings is 1. The van der Waals surface area contributed by atoms with E-state index in [-0.39, 0.29) is 6.42 Å². The number of aliphatic carboxylic acids is 1. The Labute approximate surface area is 116 Å². The molecule has 0 saturated carbocycles. The summed E-state index contributed by atoms with van der Waals surface area (Å²) in [6.07, 6.45) is 3.42. The molecule has 2 N–H and O–H groups in total. The van der Waals surface area contributed by atoms with Gasteiger partial charge in [0.25, 0.3) is 0 Å². The molecule has 0 atom stereocenters. The molecule has 0 amide bonds. The number of hydrogen-bond donors (Lipinski definition) is 2. The first-order valence-corrected chi connectivity index (χ1v) is 6.29. The number of nitrogens with zero attached hydrogens (tertiary/aromatic N) is 3. The zero-order valence-corrected chi connectivity index (χ0v) is 11.4. The minimum absolute atomic E-state index is 0.0487. The van der Waals surface area contributed by atoms with Crippen molar-refractivity contribution < 1.29 is 9.90 Å². The highest BCUT2D eigenvalue weighted by atomic mass is 16.4. The van der Waals surface area contributed by atoms with Crippen LogP contribution in [0.2, 0.25) is 0 Å². The van der Waals surface area contributed by atoms with Crippen molar-refractivity contribution in [2.75, 3.05) is 11.9 Å². The van der Waals surface area contributed by atoms with Gasteiger partial charge < -0.3 is 10.4 Å². The molecular weight excluding hydrogens is 256 g/mol. The van der Waals surface area contributed by atoms with E-state index in [4.69, 9.17) is 5.11 Å². The second-order valence-electron chi connectivity index (χ2n) is 4.41. The number of aromatic nitrogens is 3. The molecule has 0 aliphatic heterocycles. The minimum Gasteiger partial charge on any atom is -0.481 e. The number of aryl methyl sites for hydroxylation is 1. The number of hydrogen-bond acceptors (Lipinski definition) is 5. The van der Waals surface area contributed by atoms with Gasteiger partial charge in [-0.25, -0.2) is 9.97 Å². The van der Waals surface area contributed by atoms with Crippen LogP contribution in [0.5, 0.6) is 0 Å². The standard InChI is InChI=1S/C14H16N4O2/c1-9-10(2)17-14(11-3-6-15-7-4-11)18-13(9)16-8-5-12(19)20/h3-4,6-7H,5,8H2,1-2H3,(H,19,20)(H,16,17,18). The van der Waals surface area contributed by atoms with Crippen molar-refractivity contribution in [1.82, 2.24) is 15.0 Å². The summed E-state index contributed by atoms with van der Waals surface area (Å²) in [4.78, 5) is 23.4. The van der Waals surface area contributed by atoms with Crippen LogP contribution < -0.4 is 5.32 Å². The maximum absolute atomic E-state index is 10.6. The zero-order valence-electron chi connectivity index (χ0n) is 11.4. The molecule has 0 aromatic carbocycles. The molecule has 6 nitrogen and oxygen atoms in total. The third kappa shape index (κ3) is 3.28. The Morgan fingerprint density at radius 3 is 2.60 bits per heavy atom. The Morgan fingerprint density at radius 2 is 1.95 bits per heavy atom. The fourth-order valence-electron chi connectivity index (χ4n) is 1.72. The molecule has 0 spiro atoms. The minimum atomic E-state index is -0.838. The summed E-state index contributed by atoms with van der Waals surface area (Å²) >= 11 is 0. The number of anilines is 1. The molecule has 20 heavy (non-hydrogen) atoms. The third-order valence-corrected chi connectivity index (χ3v) is 2.96. The summed E-state index contributed by atoms with van der Waals surface area (Å²) in [6, 6.07) is 3.68. The predicted molar refractivity (Wildman–Crippen MR) is 75.5 cm³/mol. The van der Waals surface area contributed by atoms with E-state index in [2.05, 4.69) is 20.3 Å². The molecular formula is C14H16N4O2. The molecule has 2 rings (SSSR count). The Bertz CT molecular complexity index is 614. The van der Waals surface area contributed by atoms with Gasteiger partial charge in [-0.15, -0.1) is 0 Å². The van der Waals surface area contributed by atoms with E-state index in [1.807, 2.05) is 26.0 Å². The lowest BCUT2D eigenvalue weighted by Gasteiger charge is -2.11. The van der Waals surface area contributed by atoms with Crippen LogP contribution in [0.3, 0.4) is 0 Å². The second-order valence-corrected chi connectivity index (χ2v) is 4.41. The van der Waals surface area contributed by atoms with Gasteiger partial charge >= 0.3 is 5.97 Å². The summed E-state index contributed by atoms with van der Waals surface area (Å²) in [6.45, 7) is 4.15. The largest absolute Gasteiger partial charge is 0.481 e.